The molecular weight excluding hydrogens is 264 g/mol. The van der Waals surface area contributed by atoms with Crippen LogP contribution in [0.25, 0.3) is 0 Å². The molecular formula is C12H20N4O2S. The SMILES string of the molecule is CC(C)N(CC1CC1)S(=O)(=O)c1cnccc1NN. The van der Waals surface area contributed by atoms with Crippen LogP contribution in [0.1, 0.15) is 26.7 Å². The van der Waals surface area contributed by atoms with Gasteiger partial charge in [0.25, 0.3) is 0 Å². The van der Waals surface area contributed by atoms with Crippen molar-refractivity contribution < 1.29 is 8.42 Å². The summed E-state index contributed by atoms with van der Waals surface area (Å²) in [7, 11) is -3.57. The number of nitrogens with two attached hydrogens (primary N) is 1. The Morgan fingerprint density at radius 1 is 1.53 bits per heavy atom. The summed E-state index contributed by atoms with van der Waals surface area (Å²) in [5, 5.41) is 0. The number of pyridine rings is 1. The van der Waals surface area contributed by atoms with Crippen molar-refractivity contribution in [3.63, 3.8) is 0 Å². The maximum atomic E-state index is 12.7. The number of nitrogen functional groups attached to an aromatic ring is 1. The van der Waals surface area contributed by atoms with E-state index >= 15 is 0 Å². The van der Waals surface area contributed by atoms with Crippen LogP contribution >= 0.6 is 0 Å². The molecule has 1 heterocycles. The third kappa shape index (κ3) is 3.05. The smallest absolute Gasteiger partial charge is 0.246 e. The van der Waals surface area contributed by atoms with Crippen molar-refractivity contribution in [2.45, 2.75) is 37.6 Å². The molecule has 0 atom stereocenters. The third-order valence-electron chi connectivity index (χ3n) is 3.24. The third-order valence-corrected chi connectivity index (χ3v) is 5.31. The van der Waals surface area contributed by atoms with Crippen LogP contribution in [0.2, 0.25) is 0 Å². The van der Waals surface area contributed by atoms with Gasteiger partial charge in [0.15, 0.2) is 0 Å². The fraction of sp³-hybridized carbons (Fsp3) is 0.583. The molecule has 0 radical (unpaired) electrons. The lowest BCUT2D eigenvalue weighted by Gasteiger charge is -2.26. The number of hydrazine groups is 1. The molecule has 0 aromatic carbocycles. The Bertz CT molecular complexity index is 540. The molecule has 106 valence electrons. The van der Waals surface area contributed by atoms with Crippen molar-refractivity contribution in [3.05, 3.63) is 18.5 Å². The largest absolute Gasteiger partial charge is 0.323 e. The maximum Gasteiger partial charge on any atom is 0.246 e. The Morgan fingerprint density at radius 2 is 2.21 bits per heavy atom. The van der Waals surface area contributed by atoms with Crippen molar-refractivity contribution in [2.24, 2.45) is 11.8 Å². The molecule has 1 aromatic rings. The summed E-state index contributed by atoms with van der Waals surface area (Å²) in [5.74, 6) is 5.87. The van der Waals surface area contributed by atoms with Gasteiger partial charge in [-0.25, -0.2) is 8.42 Å². The van der Waals surface area contributed by atoms with Gasteiger partial charge < -0.3 is 5.43 Å². The van der Waals surface area contributed by atoms with E-state index < -0.39 is 10.0 Å². The number of anilines is 1. The van der Waals surface area contributed by atoms with Gasteiger partial charge in [0, 0.05) is 25.0 Å². The molecule has 0 unspecified atom stereocenters. The van der Waals surface area contributed by atoms with Gasteiger partial charge >= 0.3 is 0 Å². The number of nitrogens with zero attached hydrogens (tertiary/aromatic N) is 2. The standard InChI is InChI=1S/C12H20N4O2S/c1-9(2)16(8-10-3-4-10)19(17,18)12-7-14-6-5-11(12)15-13/h5-7,9-10H,3-4,8,13H2,1-2H3,(H,14,15). The van der Waals surface area contributed by atoms with E-state index in [0.717, 1.165) is 12.8 Å². The average Bonchev–Trinajstić information content (AvgIpc) is 3.19. The van der Waals surface area contributed by atoms with Gasteiger partial charge in [-0.1, -0.05) is 0 Å². The van der Waals surface area contributed by atoms with Crippen molar-refractivity contribution in [1.29, 1.82) is 0 Å². The van der Waals surface area contributed by atoms with Gasteiger partial charge in [-0.15, -0.1) is 0 Å². The molecule has 0 spiro atoms. The second kappa shape index (κ2) is 5.44. The second-order valence-electron chi connectivity index (χ2n) is 5.13. The van der Waals surface area contributed by atoms with Gasteiger partial charge in [0.05, 0.1) is 5.69 Å². The Morgan fingerprint density at radius 3 is 2.74 bits per heavy atom. The summed E-state index contributed by atoms with van der Waals surface area (Å²) in [5.41, 5.74) is 2.79. The van der Waals surface area contributed by atoms with E-state index in [1.54, 1.807) is 6.07 Å². The Labute approximate surface area is 114 Å². The Hall–Kier alpha value is -1.18. The highest BCUT2D eigenvalue weighted by atomic mass is 32.2. The molecule has 1 aromatic heterocycles. The lowest BCUT2D eigenvalue weighted by Crippen LogP contribution is -2.39. The van der Waals surface area contributed by atoms with Gasteiger partial charge in [-0.3, -0.25) is 10.8 Å². The normalized spacial score (nSPS) is 16.1. The van der Waals surface area contributed by atoms with Gasteiger partial charge in [0.1, 0.15) is 4.90 Å². The minimum Gasteiger partial charge on any atom is -0.323 e. The van der Waals surface area contributed by atoms with Crippen LogP contribution in [0.3, 0.4) is 0 Å². The van der Waals surface area contributed by atoms with E-state index in [2.05, 4.69) is 10.4 Å². The number of aromatic nitrogens is 1. The zero-order valence-corrected chi connectivity index (χ0v) is 12.0. The lowest BCUT2D eigenvalue weighted by atomic mass is 10.3. The Balaban J connectivity index is 2.37. The van der Waals surface area contributed by atoms with Crippen LogP contribution < -0.4 is 11.3 Å². The van der Waals surface area contributed by atoms with Crippen LogP contribution in [0.5, 0.6) is 0 Å². The van der Waals surface area contributed by atoms with Crippen molar-refractivity contribution in [1.82, 2.24) is 9.29 Å². The minimum absolute atomic E-state index is 0.0866. The number of nitrogens with one attached hydrogen (secondary N) is 1. The summed E-state index contributed by atoms with van der Waals surface area (Å²) >= 11 is 0. The highest BCUT2D eigenvalue weighted by molar-refractivity contribution is 7.89. The summed E-state index contributed by atoms with van der Waals surface area (Å²) in [4.78, 5) is 4.03. The van der Waals surface area contributed by atoms with E-state index in [1.807, 2.05) is 13.8 Å². The van der Waals surface area contributed by atoms with Crippen LogP contribution in [-0.2, 0) is 10.0 Å². The second-order valence-corrected chi connectivity index (χ2v) is 6.99. The summed E-state index contributed by atoms with van der Waals surface area (Å²) < 4.78 is 26.9. The predicted octanol–water partition coefficient (Wildman–Crippen LogP) is 1.18. The summed E-state index contributed by atoms with van der Waals surface area (Å²) in [6.45, 7) is 4.33. The predicted molar refractivity (Wildman–Crippen MR) is 73.8 cm³/mol. The fourth-order valence-corrected chi connectivity index (χ4v) is 3.79. The van der Waals surface area contributed by atoms with E-state index in [0.29, 0.717) is 18.2 Å². The molecule has 7 heteroatoms. The molecule has 2 rings (SSSR count). The number of hydrogen-bond acceptors (Lipinski definition) is 5. The van der Waals surface area contributed by atoms with Crippen LogP contribution in [-0.4, -0.2) is 30.3 Å². The maximum absolute atomic E-state index is 12.7. The van der Waals surface area contributed by atoms with E-state index in [9.17, 15) is 8.42 Å². The molecule has 1 fully saturated rings. The molecule has 19 heavy (non-hydrogen) atoms. The topological polar surface area (TPSA) is 88.3 Å². The van der Waals surface area contributed by atoms with E-state index in [4.69, 9.17) is 5.84 Å². The quantitative estimate of drug-likeness (QED) is 0.605. The summed E-state index contributed by atoms with van der Waals surface area (Å²) in [6.07, 6.45) is 5.06. The zero-order chi connectivity index (χ0) is 14.0. The average molecular weight is 284 g/mol. The summed E-state index contributed by atoms with van der Waals surface area (Å²) in [6, 6.07) is 1.47. The molecule has 6 nitrogen and oxygen atoms in total. The van der Waals surface area contributed by atoms with E-state index in [-0.39, 0.29) is 10.9 Å². The fourth-order valence-electron chi connectivity index (χ4n) is 1.97. The molecule has 1 saturated carbocycles. The van der Waals surface area contributed by atoms with Crippen LogP contribution in [0, 0.1) is 5.92 Å². The van der Waals surface area contributed by atoms with Crippen molar-refractivity contribution >= 4 is 15.7 Å². The molecule has 0 aliphatic heterocycles. The molecule has 0 amide bonds. The molecule has 1 aliphatic rings. The zero-order valence-electron chi connectivity index (χ0n) is 11.2. The first-order valence-electron chi connectivity index (χ1n) is 6.39. The molecule has 1 aliphatic carbocycles. The Kier molecular flexibility index (Phi) is 4.07. The van der Waals surface area contributed by atoms with E-state index in [1.165, 1.54) is 16.7 Å². The van der Waals surface area contributed by atoms with Gasteiger partial charge in [-0.05, 0) is 38.7 Å². The first-order chi connectivity index (χ1) is 8.96. The molecule has 3 N–H and O–H groups in total. The number of sulfonamides is 1. The number of hydrogen-bond donors (Lipinski definition) is 2. The van der Waals surface area contributed by atoms with Gasteiger partial charge in [-0.2, -0.15) is 4.31 Å². The van der Waals surface area contributed by atoms with Gasteiger partial charge in [0.2, 0.25) is 10.0 Å². The highest BCUT2D eigenvalue weighted by Gasteiger charge is 2.34. The van der Waals surface area contributed by atoms with Crippen LogP contribution in [0.15, 0.2) is 23.4 Å². The lowest BCUT2D eigenvalue weighted by molar-refractivity contribution is 0.342. The van der Waals surface area contributed by atoms with Crippen molar-refractivity contribution in [2.75, 3.05) is 12.0 Å². The van der Waals surface area contributed by atoms with Crippen LogP contribution in [0.4, 0.5) is 5.69 Å². The molecule has 0 bridgehead atoms. The van der Waals surface area contributed by atoms with Crippen molar-refractivity contribution in [3.8, 4) is 0 Å². The monoisotopic (exact) mass is 284 g/mol. The first-order valence-corrected chi connectivity index (χ1v) is 7.83. The first kappa shape index (κ1) is 14.2. The number of rotatable bonds is 6. The molecule has 0 saturated heterocycles. The highest BCUT2D eigenvalue weighted by Crippen LogP contribution is 2.33. The minimum atomic E-state index is -3.57.